The molecule has 2 heterocycles. The molecule has 20 heavy (non-hydrogen) atoms. The summed E-state index contributed by atoms with van der Waals surface area (Å²) in [7, 11) is -3.76. The van der Waals surface area contributed by atoms with Crippen LogP contribution in [0.5, 0.6) is 0 Å². The highest BCUT2D eigenvalue weighted by Crippen LogP contribution is 2.44. The molecule has 0 aromatic rings. The Kier molecular flexibility index (Phi) is 3.24. The summed E-state index contributed by atoms with van der Waals surface area (Å²) in [5.74, 6) is -0.677. The van der Waals surface area contributed by atoms with Crippen LogP contribution in [0.1, 0.15) is 39.0 Å². The Morgan fingerprint density at radius 2 is 2.10 bits per heavy atom. The van der Waals surface area contributed by atoms with Gasteiger partial charge in [0.1, 0.15) is 0 Å². The van der Waals surface area contributed by atoms with Gasteiger partial charge in [0.15, 0.2) is 0 Å². The van der Waals surface area contributed by atoms with E-state index in [-0.39, 0.29) is 5.92 Å². The fourth-order valence-corrected chi connectivity index (χ4v) is 4.63. The third kappa shape index (κ3) is 2.01. The molecule has 7 nitrogen and oxygen atoms in total. The molecule has 2 fully saturated rings. The fourth-order valence-electron chi connectivity index (χ4n) is 3.36. The lowest BCUT2D eigenvalue weighted by Gasteiger charge is -2.26. The lowest BCUT2D eigenvalue weighted by molar-refractivity contribution is -0.144. The Morgan fingerprint density at radius 3 is 2.80 bits per heavy atom. The van der Waals surface area contributed by atoms with Crippen molar-refractivity contribution >= 4 is 21.8 Å². The lowest BCUT2D eigenvalue weighted by atomic mass is 9.88. The molecule has 0 aromatic heterocycles. The van der Waals surface area contributed by atoms with Gasteiger partial charge in [-0.05, 0) is 39.0 Å². The molecule has 112 valence electrons. The average molecular weight is 301 g/mol. The van der Waals surface area contributed by atoms with Gasteiger partial charge in [-0.1, -0.05) is 5.16 Å². The van der Waals surface area contributed by atoms with Crippen LogP contribution in [0, 0.1) is 5.92 Å². The van der Waals surface area contributed by atoms with Gasteiger partial charge in [0.05, 0.1) is 11.6 Å². The van der Waals surface area contributed by atoms with Crippen LogP contribution in [0.3, 0.4) is 0 Å². The van der Waals surface area contributed by atoms with Crippen LogP contribution >= 0.6 is 0 Å². The molecule has 2 aliphatic heterocycles. The molecule has 1 aliphatic carbocycles. The van der Waals surface area contributed by atoms with E-state index in [4.69, 9.17) is 4.84 Å². The number of nitrogens with one attached hydrogen (secondary N) is 1. The Labute approximate surface area is 118 Å². The van der Waals surface area contributed by atoms with Crippen LogP contribution in [-0.4, -0.2) is 43.0 Å². The van der Waals surface area contributed by atoms with Gasteiger partial charge in [0.2, 0.25) is 5.60 Å². The molecule has 1 N–H and O–H groups in total. The number of rotatable bonds is 3. The van der Waals surface area contributed by atoms with Gasteiger partial charge in [-0.3, -0.25) is 4.79 Å². The second kappa shape index (κ2) is 4.70. The first-order valence-electron chi connectivity index (χ1n) is 7.01. The lowest BCUT2D eigenvalue weighted by Crippen LogP contribution is -2.54. The van der Waals surface area contributed by atoms with Crippen molar-refractivity contribution in [1.82, 2.24) is 9.03 Å². The molecule has 8 heteroatoms. The molecule has 1 amide bonds. The minimum Gasteiger partial charge on any atom is -0.378 e. The molecule has 3 rings (SSSR count). The number of carbonyl (C=O) groups excluding carboxylic acids is 1. The molecule has 2 atom stereocenters. The van der Waals surface area contributed by atoms with Crippen molar-refractivity contribution < 1.29 is 18.0 Å². The summed E-state index contributed by atoms with van der Waals surface area (Å²) >= 11 is 0. The smallest absolute Gasteiger partial charge is 0.303 e. The second-order valence-corrected chi connectivity index (χ2v) is 7.37. The van der Waals surface area contributed by atoms with Crippen molar-refractivity contribution in [2.24, 2.45) is 11.1 Å². The van der Waals surface area contributed by atoms with Gasteiger partial charge >= 0.3 is 10.2 Å². The molecule has 0 spiro atoms. The minimum absolute atomic E-state index is 0.101. The Bertz CT molecular complexity index is 553. The fraction of sp³-hybridized carbons (Fsp3) is 0.833. The molecule has 1 saturated carbocycles. The number of hydrogen-bond donors (Lipinski definition) is 1. The molecular formula is C12H19N3O4S. The predicted molar refractivity (Wildman–Crippen MR) is 72.1 cm³/mol. The van der Waals surface area contributed by atoms with E-state index in [1.807, 2.05) is 6.92 Å². The molecule has 3 aliphatic rings. The number of fused-ring (bicyclic) bond motifs is 1. The summed E-state index contributed by atoms with van der Waals surface area (Å²) in [6, 6.07) is 0. The summed E-state index contributed by atoms with van der Waals surface area (Å²) in [6.07, 6.45) is 3.84. The zero-order valence-corrected chi connectivity index (χ0v) is 12.3. The van der Waals surface area contributed by atoms with Gasteiger partial charge in [-0.15, -0.1) is 0 Å². The maximum atomic E-state index is 12.5. The van der Waals surface area contributed by atoms with Gasteiger partial charge in [-0.25, -0.2) is 4.72 Å². The van der Waals surface area contributed by atoms with Crippen molar-refractivity contribution in [2.75, 3.05) is 13.1 Å². The van der Waals surface area contributed by atoms with Gasteiger partial charge < -0.3 is 4.84 Å². The van der Waals surface area contributed by atoms with Gasteiger partial charge in [0, 0.05) is 13.1 Å². The van der Waals surface area contributed by atoms with E-state index < -0.39 is 21.7 Å². The Balaban J connectivity index is 1.77. The Morgan fingerprint density at radius 1 is 1.40 bits per heavy atom. The molecule has 1 saturated heterocycles. The van der Waals surface area contributed by atoms with E-state index in [0.29, 0.717) is 19.5 Å². The standard InChI is InChI=1S/C12H19N3O4S/c1-9-10-5-4-6-12(10,19-13-9)11(16)14-20(17,18)15-7-2-3-8-15/h10H,2-8H2,1H3,(H,14,16). The first-order valence-corrected chi connectivity index (χ1v) is 8.45. The van der Waals surface area contributed by atoms with E-state index in [0.717, 1.165) is 31.4 Å². The summed E-state index contributed by atoms with van der Waals surface area (Å²) in [5, 5.41) is 3.89. The number of nitrogens with zero attached hydrogens (tertiary/aromatic N) is 2. The zero-order valence-electron chi connectivity index (χ0n) is 11.5. The van der Waals surface area contributed by atoms with Crippen LogP contribution in [-0.2, 0) is 19.8 Å². The number of hydrogen-bond acceptors (Lipinski definition) is 5. The summed E-state index contributed by atoms with van der Waals surface area (Å²) in [4.78, 5) is 17.8. The van der Waals surface area contributed by atoms with E-state index in [1.165, 1.54) is 4.31 Å². The largest absolute Gasteiger partial charge is 0.378 e. The second-order valence-electron chi connectivity index (χ2n) is 5.70. The maximum absolute atomic E-state index is 12.5. The molecular weight excluding hydrogens is 282 g/mol. The van der Waals surface area contributed by atoms with Gasteiger partial charge in [0.25, 0.3) is 5.91 Å². The third-order valence-corrected chi connectivity index (χ3v) is 5.96. The summed E-state index contributed by atoms with van der Waals surface area (Å²) < 4.78 is 27.8. The van der Waals surface area contributed by atoms with Crippen molar-refractivity contribution in [3.05, 3.63) is 0 Å². The van der Waals surface area contributed by atoms with E-state index in [9.17, 15) is 13.2 Å². The number of amides is 1. The first-order chi connectivity index (χ1) is 9.46. The van der Waals surface area contributed by atoms with E-state index >= 15 is 0 Å². The zero-order chi connectivity index (χ0) is 14.4. The number of oxime groups is 1. The maximum Gasteiger partial charge on any atom is 0.303 e. The third-order valence-electron chi connectivity index (χ3n) is 4.47. The van der Waals surface area contributed by atoms with E-state index in [2.05, 4.69) is 9.88 Å². The predicted octanol–water partition coefficient (Wildman–Crippen LogP) is 0.388. The van der Waals surface area contributed by atoms with E-state index in [1.54, 1.807) is 0 Å². The van der Waals surface area contributed by atoms with Crippen LogP contribution in [0.15, 0.2) is 5.16 Å². The SMILES string of the molecule is CC1=NOC2(C(=O)NS(=O)(=O)N3CCCC3)CCCC12. The number of carbonyl (C=O) groups is 1. The molecule has 0 radical (unpaired) electrons. The molecule has 2 unspecified atom stereocenters. The van der Waals surface area contributed by atoms with Crippen LogP contribution < -0.4 is 4.72 Å². The van der Waals surface area contributed by atoms with Crippen molar-refractivity contribution in [3.8, 4) is 0 Å². The Hall–Kier alpha value is -1.15. The highest BCUT2D eigenvalue weighted by atomic mass is 32.2. The highest BCUT2D eigenvalue weighted by molar-refractivity contribution is 7.87. The quantitative estimate of drug-likeness (QED) is 0.816. The van der Waals surface area contributed by atoms with Crippen LogP contribution in [0.2, 0.25) is 0 Å². The van der Waals surface area contributed by atoms with Crippen molar-refractivity contribution in [1.29, 1.82) is 0 Å². The summed E-state index contributed by atoms with van der Waals surface area (Å²) in [6.45, 7) is 2.75. The average Bonchev–Trinajstić information content (AvgIpc) is 3.07. The molecule has 0 bridgehead atoms. The summed E-state index contributed by atoms with van der Waals surface area (Å²) in [5.41, 5.74) is -0.340. The topological polar surface area (TPSA) is 88.1 Å². The normalized spacial score (nSPS) is 33.6. The van der Waals surface area contributed by atoms with Crippen molar-refractivity contribution in [2.45, 2.75) is 44.6 Å². The molecule has 0 aromatic carbocycles. The van der Waals surface area contributed by atoms with Crippen LogP contribution in [0.4, 0.5) is 0 Å². The monoisotopic (exact) mass is 301 g/mol. The highest BCUT2D eigenvalue weighted by Gasteiger charge is 2.57. The van der Waals surface area contributed by atoms with Crippen LogP contribution in [0.25, 0.3) is 0 Å². The minimum atomic E-state index is -3.76. The van der Waals surface area contributed by atoms with Crippen molar-refractivity contribution in [3.63, 3.8) is 0 Å². The first kappa shape index (κ1) is 13.8. The van der Waals surface area contributed by atoms with Gasteiger partial charge in [-0.2, -0.15) is 12.7 Å².